The Morgan fingerprint density at radius 1 is 1.35 bits per heavy atom. The fraction of sp³-hybridized carbons (Fsp3) is 0.417. The van der Waals surface area contributed by atoms with Crippen LogP contribution in [0.3, 0.4) is 0 Å². The van der Waals surface area contributed by atoms with Crippen molar-refractivity contribution >= 4 is 0 Å². The number of nitrogens with zero attached hydrogens (tertiary/aromatic N) is 4. The molecule has 1 aromatic carbocycles. The first-order chi connectivity index (χ1) is 8.06. The Morgan fingerprint density at radius 2 is 2.12 bits per heavy atom. The van der Waals surface area contributed by atoms with Crippen LogP contribution in [0, 0.1) is 13.8 Å². The number of hydrogen-bond acceptors (Lipinski definition) is 4. The van der Waals surface area contributed by atoms with Gasteiger partial charge in [-0.1, -0.05) is 23.8 Å². The molecule has 5 heteroatoms. The second-order valence-electron chi connectivity index (χ2n) is 4.28. The predicted octanol–water partition coefficient (Wildman–Crippen LogP) is 1.10. The molecular formula is C12H16N4O. The molecule has 0 saturated heterocycles. The highest BCUT2D eigenvalue weighted by Gasteiger charge is 2.14. The van der Waals surface area contributed by atoms with E-state index < -0.39 is 6.10 Å². The lowest BCUT2D eigenvalue weighted by Crippen LogP contribution is -2.06. The van der Waals surface area contributed by atoms with Crippen LogP contribution in [0.1, 0.15) is 28.6 Å². The molecule has 1 atom stereocenters. The van der Waals surface area contributed by atoms with Gasteiger partial charge in [-0.25, -0.2) is 0 Å². The standard InChI is InChI=1S/C12H16N4O/c1-8-4-5-9(2)10(6-8)11(17)7-12-13-15-16(3)14-12/h4-6,11,17H,7H2,1-3H3. The number of benzene rings is 1. The van der Waals surface area contributed by atoms with Gasteiger partial charge in [0.2, 0.25) is 0 Å². The number of aliphatic hydroxyl groups excluding tert-OH is 1. The van der Waals surface area contributed by atoms with Crippen molar-refractivity contribution in [3.8, 4) is 0 Å². The van der Waals surface area contributed by atoms with Crippen molar-refractivity contribution in [2.45, 2.75) is 26.4 Å². The largest absolute Gasteiger partial charge is 0.388 e. The lowest BCUT2D eigenvalue weighted by Gasteiger charge is -2.12. The monoisotopic (exact) mass is 232 g/mol. The molecule has 0 aliphatic heterocycles. The average molecular weight is 232 g/mol. The van der Waals surface area contributed by atoms with Crippen LogP contribution in [-0.4, -0.2) is 25.3 Å². The maximum atomic E-state index is 10.2. The number of aryl methyl sites for hydroxylation is 3. The van der Waals surface area contributed by atoms with Crippen LogP contribution in [-0.2, 0) is 13.5 Å². The Kier molecular flexibility index (Phi) is 3.19. The maximum absolute atomic E-state index is 10.2. The van der Waals surface area contributed by atoms with Crippen LogP contribution in [0.4, 0.5) is 0 Å². The van der Waals surface area contributed by atoms with Gasteiger partial charge in [0.05, 0.1) is 13.2 Å². The van der Waals surface area contributed by atoms with E-state index in [1.54, 1.807) is 7.05 Å². The van der Waals surface area contributed by atoms with Gasteiger partial charge in [-0.05, 0) is 30.2 Å². The van der Waals surface area contributed by atoms with Gasteiger partial charge in [0.15, 0.2) is 5.82 Å². The van der Waals surface area contributed by atoms with E-state index in [-0.39, 0.29) is 0 Å². The highest BCUT2D eigenvalue weighted by molar-refractivity contribution is 5.32. The van der Waals surface area contributed by atoms with E-state index in [0.29, 0.717) is 12.2 Å². The van der Waals surface area contributed by atoms with E-state index in [2.05, 4.69) is 15.4 Å². The van der Waals surface area contributed by atoms with Crippen molar-refractivity contribution < 1.29 is 5.11 Å². The van der Waals surface area contributed by atoms with Gasteiger partial charge in [-0.2, -0.15) is 4.80 Å². The molecule has 0 radical (unpaired) electrons. The molecule has 2 aromatic rings. The number of tetrazole rings is 1. The molecule has 90 valence electrons. The summed E-state index contributed by atoms with van der Waals surface area (Å²) in [4.78, 5) is 1.39. The van der Waals surface area contributed by atoms with E-state index in [0.717, 1.165) is 16.7 Å². The van der Waals surface area contributed by atoms with Gasteiger partial charge < -0.3 is 5.11 Å². The average Bonchev–Trinajstić information content (AvgIpc) is 2.67. The zero-order valence-electron chi connectivity index (χ0n) is 10.3. The summed E-state index contributed by atoms with van der Waals surface area (Å²) in [6.07, 6.45) is -0.197. The van der Waals surface area contributed by atoms with Gasteiger partial charge in [-0.3, -0.25) is 0 Å². The minimum Gasteiger partial charge on any atom is -0.388 e. The van der Waals surface area contributed by atoms with Crippen molar-refractivity contribution in [1.29, 1.82) is 0 Å². The lowest BCUT2D eigenvalue weighted by molar-refractivity contribution is 0.175. The molecule has 0 fully saturated rings. The summed E-state index contributed by atoms with van der Waals surface area (Å²) in [5, 5.41) is 21.9. The molecule has 1 heterocycles. The Labute approximate surface area is 100 Å². The van der Waals surface area contributed by atoms with Crippen molar-refractivity contribution in [3.05, 3.63) is 40.7 Å². The molecule has 0 spiro atoms. The van der Waals surface area contributed by atoms with E-state index in [1.165, 1.54) is 4.80 Å². The van der Waals surface area contributed by atoms with Crippen molar-refractivity contribution in [2.75, 3.05) is 0 Å². The van der Waals surface area contributed by atoms with Crippen LogP contribution in [0.5, 0.6) is 0 Å². The first-order valence-corrected chi connectivity index (χ1v) is 5.54. The SMILES string of the molecule is Cc1ccc(C)c(C(O)Cc2nnn(C)n2)c1. The fourth-order valence-electron chi connectivity index (χ4n) is 1.81. The maximum Gasteiger partial charge on any atom is 0.177 e. The highest BCUT2D eigenvalue weighted by Crippen LogP contribution is 2.21. The fourth-order valence-corrected chi connectivity index (χ4v) is 1.81. The number of aromatic nitrogens is 4. The Balaban J connectivity index is 2.19. The van der Waals surface area contributed by atoms with E-state index in [9.17, 15) is 5.11 Å². The Hall–Kier alpha value is -1.75. The van der Waals surface area contributed by atoms with Crippen LogP contribution in [0.25, 0.3) is 0 Å². The topological polar surface area (TPSA) is 63.8 Å². The van der Waals surface area contributed by atoms with Crippen molar-refractivity contribution in [1.82, 2.24) is 20.2 Å². The summed E-state index contributed by atoms with van der Waals surface area (Å²) in [7, 11) is 1.71. The lowest BCUT2D eigenvalue weighted by atomic mass is 9.99. The summed E-state index contributed by atoms with van der Waals surface area (Å²) in [6.45, 7) is 4.00. The molecule has 1 aromatic heterocycles. The summed E-state index contributed by atoms with van der Waals surface area (Å²) >= 11 is 0. The molecule has 0 saturated carbocycles. The molecule has 0 aliphatic carbocycles. The van der Waals surface area contributed by atoms with Crippen LogP contribution < -0.4 is 0 Å². The third-order valence-corrected chi connectivity index (χ3v) is 2.72. The third-order valence-electron chi connectivity index (χ3n) is 2.72. The first-order valence-electron chi connectivity index (χ1n) is 5.54. The predicted molar refractivity (Wildman–Crippen MR) is 63.4 cm³/mol. The van der Waals surface area contributed by atoms with E-state index >= 15 is 0 Å². The van der Waals surface area contributed by atoms with Crippen LogP contribution in [0.2, 0.25) is 0 Å². The molecular weight excluding hydrogens is 216 g/mol. The zero-order valence-corrected chi connectivity index (χ0v) is 10.3. The second-order valence-corrected chi connectivity index (χ2v) is 4.28. The smallest absolute Gasteiger partial charge is 0.177 e. The van der Waals surface area contributed by atoms with Gasteiger partial charge in [0.1, 0.15) is 0 Å². The van der Waals surface area contributed by atoms with E-state index in [1.807, 2.05) is 32.0 Å². The molecule has 17 heavy (non-hydrogen) atoms. The molecule has 0 bridgehead atoms. The molecule has 5 nitrogen and oxygen atoms in total. The van der Waals surface area contributed by atoms with Crippen LogP contribution in [0.15, 0.2) is 18.2 Å². The summed E-state index contributed by atoms with van der Waals surface area (Å²) in [5.41, 5.74) is 3.14. The number of aliphatic hydroxyl groups is 1. The zero-order chi connectivity index (χ0) is 12.4. The third kappa shape index (κ3) is 2.68. The molecule has 1 N–H and O–H groups in total. The van der Waals surface area contributed by atoms with Crippen LogP contribution >= 0.6 is 0 Å². The highest BCUT2D eigenvalue weighted by atomic mass is 16.3. The molecule has 1 unspecified atom stereocenters. The van der Waals surface area contributed by atoms with Gasteiger partial charge >= 0.3 is 0 Å². The Morgan fingerprint density at radius 3 is 2.76 bits per heavy atom. The number of rotatable bonds is 3. The van der Waals surface area contributed by atoms with E-state index in [4.69, 9.17) is 0 Å². The molecule has 2 rings (SSSR count). The van der Waals surface area contributed by atoms with Crippen molar-refractivity contribution in [3.63, 3.8) is 0 Å². The van der Waals surface area contributed by atoms with Gasteiger partial charge in [-0.15, -0.1) is 10.2 Å². The van der Waals surface area contributed by atoms with Gasteiger partial charge in [0, 0.05) is 6.42 Å². The molecule has 0 amide bonds. The second kappa shape index (κ2) is 4.63. The summed E-state index contributed by atoms with van der Waals surface area (Å²) in [5.74, 6) is 0.556. The quantitative estimate of drug-likeness (QED) is 0.860. The molecule has 0 aliphatic rings. The normalized spacial score (nSPS) is 12.7. The first kappa shape index (κ1) is 11.7. The van der Waals surface area contributed by atoms with Gasteiger partial charge in [0.25, 0.3) is 0 Å². The minimum absolute atomic E-state index is 0.387. The Bertz CT molecular complexity index is 521. The summed E-state index contributed by atoms with van der Waals surface area (Å²) < 4.78 is 0. The summed E-state index contributed by atoms with van der Waals surface area (Å²) in [6, 6.07) is 6.04. The number of hydrogen-bond donors (Lipinski definition) is 1. The minimum atomic E-state index is -0.584. The van der Waals surface area contributed by atoms with Crippen molar-refractivity contribution in [2.24, 2.45) is 7.05 Å².